The molecular formula is C21H28N6O. The second-order valence-electron chi connectivity index (χ2n) is 7.75. The highest BCUT2D eigenvalue weighted by Gasteiger charge is 2.20. The number of benzene rings is 1. The molecule has 1 aromatic carbocycles. The van der Waals surface area contributed by atoms with Crippen molar-refractivity contribution in [1.29, 1.82) is 0 Å². The summed E-state index contributed by atoms with van der Waals surface area (Å²) in [5.41, 5.74) is 4.30. The van der Waals surface area contributed by atoms with Crippen LogP contribution < -0.4 is 0 Å². The summed E-state index contributed by atoms with van der Waals surface area (Å²) in [5, 5.41) is 19.4. The molecule has 0 amide bonds. The highest BCUT2D eigenvalue weighted by Crippen LogP contribution is 2.20. The first kappa shape index (κ1) is 18.9. The lowest BCUT2D eigenvalue weighted by Crippen LogP contribution is -2.23. The van der Waals surface area contributed by atoms with Crippen LogP contribution in [-0.2, 0) is 19.6 Å². The molecule has 1 aliphatic heterocycles. The third kappa shape index (κ3) is 4.32. The molecule has 0 unspecified atom stereocenters. The van der Waals surface area contributed by atoms with Crippen LogP contribution in [0, 0.1) is 0 Å². The van der Waals surface area contributed by atoms with Crippen LogP contribution >= 0.6 is 0 Å². The van der Waals surface area contributed by atoms with Crippen LogP contribution in [-0.4, -0.2) is 61.7 Å². The van der Waals surface area contributed by atoms with E-state index in [1.807, 2.05) is 35.9 Å². The van der Waals surface area contributed by atoms with Gasteiger partial charge in [0, 0.05) is 45.1 Å². The van der Waals surface area contributed by atoms with E-state index in [2.05, 4.69) is 50.1 Å². The highest BCUT2D eigenvalue weighted by atomic mass is 16.3. The van der Waals surface area contributed by atoms with E-state index in [0.29, 0.717) is 6.54 Å². The Kier molecular flexibility index (Phi) is 5.57. The van der Waals surface area contributed by atoms with Crippen molar-refractivity contribution in [3.05, 3.63) is 65.7 Å². The van der Waals surface area contributed by atoms with Crippen molar-refractivity contribution in [2.24, 2.45) is 0 Å². The molecule has 0 saturated heterocycles. The summed E-state index contributed by atoms with van der Waals surface area (Å²) in [6.07, 6.45) is 4.26. The maximum atomic E-state index is 10.4. The Morgan fingerprint density at radius 2 is 2.07 bits per heavy atom. The predicted molar refractivity (Wildman–Crippen MR) is 108 cm³/mol. The maximum absolute atomic E-state index is 10.4. The van der Waals surface area contributed by atoms with E-state index in [1.165, 1.54) is 11.3 Å². The van der Waals surface area contributed by atoms with Crippen molar-refractivity contribution in [2.75, 3.05) is 27.2 Å². The fourth-order valence-electron chi connectivity index (χ4n) is 3.77. The van der Waals surface area contributed by atoms with Crippen LogP contribution in [0.4, 0.5) is 0 Å². The molecule has 7 heteroatoms. The van der Waals surface area contributed by atoms with Gasteiger partial charge in [0.25, 0.3) is 0 Å². The van der Waals surface area contributed by atoms with Gasteiger partial charge in [-0.05, 0) is 50.3 Å². The minimum absolute atomic E-state index is 0.548. The van der Waals surface area contributed by atoms with Crippen LogP contribution in [0.3, 0.4) is 0 Å². The summed E-state index contributed by atoms with van der Waals surface area (Å²) in [7, 11) is 3.92. The van der Waals surface area contributed by atoms with Crippen LogP contribution in [0.25, 0.3) is 5.69 Å². The van der Waals surface area contributed by atoms with Crippen molar-refractivity contribution in [1.82, 2.24) is 29.4 Å². The van der Waals surface area contributed by atoms with Crippen molar-refractivity contribution < 1.29 is 5.11 Å². The zero-order valence-electron chi connectivity index (χ0n) is 16.6. The summed E-state index contributed by atoms with van der Waals surface area (Å²) < 4.78 is 3.95. The number of aliphatic hydroxyl groups is 1. The Balaban J connectivity index is 1.47. The standard InChI is InChI=1S/C21H28N6O/c1-24(2)16-21(28)20-13-19-15-25(9-5-11-27(19)23-20)14-17-6-3-7-18(12-17)26-10-4-8-22-26/h3-4,6-8,10,12-13,21,28H,5,9,11,14-16H2,1-2H3/t21-/m0/s1. The van der Waals surface area contributed by atoms with Crippen molar-refractivity contribution in [3.8, 4) is 5.69 Å². The average Bonchev–Trinajstić information content (AvgIpc) is 3.29. The summed E-state index contributed by atoms with van der Waals surface area (Å²) in [6.45, 7) is 4.24. The molecular weight excluding hydrogens is 352 g/mol. The van der Waals surface area contributed by atoms with Gasteiger partial charge in [0.2, 0.25) is 0 Å². The monoisotopic (exact) mass is 380 g/mol. The lowest BCUT2D eigenvalue weighted by Gasteiger charge is -2.20. The Morgan fingerprint density at radius 3 is 2.86 bits per heavy atom. The number of likely N-dealkylation sites (N-methyl/N-ethyl adjacent to an activating group) is 1. The Labute approximate surface area is 165 Å². The van der Waals surface area contributed by atoms with Crippen molar-refractivity contribution in [2.45, 2.75) is 32.2 Å². The molecule has 3 heterocycles. The fraction of sp³-hybridized carbons (Fsp3) is 0.429. The molecule has 28 heavy (non-hydrogen) atoms. The summed E-state index contributed by atoms with van der Waals surface area (Å²) in [6, 6.07) is 12.5. The van der Waals surface area contributed by atoms with Crippen LogP contribution in [0.15, 0.2) is 48.8 Å². The summed E-state index contributed by atoms with van der Waals surface area (Å²) in [4.78, 5) is 4.43. The SMILES string of the molecule is CN(C)C[C@H](O)c1cc2n(n1)CCCN(Cc1cccc(-n3cccn3)c1)C2. The smallest absolute Gasteiger partial charge is 0.110 e. The number of hydrogen-bond donors (Lipinski definition) is 1. The molecule has 4 rings (SSSR count). The third-order valence-electron chi connectivity index (χ3n) is 5.08. The molecule has 148 valence electrons. The summed E-state index contributed by atoms with van der Waals surface area (Å²) >= 11 is 0. The number of aryl methyl sites for hydroxylation is 1. The number of hydrogen-bond acceptors (Lipinski definition) is 5. The van der Waals surface area contributed by atoms with Gasteiger partial charge in [0.15, 0.2) is 0 Å². The van der Waals surface area contributed by atoms with E-state index in [0.717, 1.165) is 44.0 Å². The fourth-order valence-corrected chi connectivity index (χ4v) is 3.77. The average molecular weight is 380 g/mol. The van der Waals surface area contributed by atoms with Gasteiger partial charge in [-0.25, -0.2) is 4.68 Å². The molecule has 1 aliphatic rings. The first-order valence-electron chi connectivity index (χ1n) is 9.79. The number of rotatable bonds is 6. The van der Waals surface area contributed by atoms with E-state index in [9.17, 15) is 5.11 Å². The number of fused-ring (bicyclic) bond motifs is 1. The van der Waals surface area contributed by atoms with Gasteiger partial charge in [0.05, 0.1) is 17.1 Å². The van der Waals surface area contributed by atoms with Gasteiger partial charge in [-0.1, -0.05) is 12.1 Å². The largest absolute Gasteiger partial charge is 0.385 e. The quantitative estimate of drug-likeness (QED) is 0.709. The second kappa shape index (κ2) is 8.26. The first-order chi connectivity index (χ1) is 13.6. The van der Waals surface area contributed by atoms with Crippen LogP contribution in [0.2, 0.25) is 0 Å². The molecule has 1 atom stereocenters. The van der Waals surface area contributed by atoms with E-state index in [-0.39, 0.29) is 0 Å². The Morgan fingerprint density at radius 1 is 1.18 bits per heavy atom. The van der Waals surface area contributed by atoms with Gasteiger partial charge < -0.3 is 10.0 Å². The van der Waals surface area contributed by atoms with Gasteiger partial charge in [-0.3, -0.25) is 9.58 Å². The molecule has 2 aromatic heterocycles. The molecule has 0 saturated carbocycles. The highest BCUT2D eigenvalue weighted by molar-refractivity contribution is 5.35. The van der Waals surface area contributed by atoms with Gasteiger partial charge >= 0.3 is 0 Å². The zero-order valence-corrected chi connectivity index (χ0v) is 16.6. The topological polar surface area (TPSA) is 62.4 Å². The molecule has 0 radical (unpaired) electrons. The summed E-state index contributed by atoms with van der Waals surface area (Å²) in [5.74, 6) is 0. The second-order valence-corrected chi connectivity index (χ2v) is 7.75. The molecule has 0 aliphatic carbocycles. The molecule has 0 fully saturated rings. The normalized spacial score (nSPS) is 16.1. The predicted octanol–water partition coefficient (Wildman–Crippen LogP) is 2.07. The van der Waals surface area contributed by atoms with Crippen LogP contribution in [0.5, 0.6) is 0 Å². The van der Waals surface area contributed by atoms with E-state index < -0.39 is 6.10 Å². The lowest BCUT2D eigenvalue weighted by molar-refractivity contribution is 0.133. The number of aromatic nitrogens is 4. The van der Waals surface area contributed by atoms with Gasteiger partial charge in [-0.2, -0.15) is 10.2 Å². The van der Waals surface area contributed by atoms with Gasteiger partial charge in [-0.15, -0.1) is 0 Å². The number of aliphatic hydroxyl groups excluding tert-OH is 1. The number of nitrogens with zero attached hydrogens (tertiary/aromatic N) is 6. The Bertz CT molecular complexity index is 902. The molecule has 3 aromatic rings. The minimum atomic E-state index is -0.548. The lowest BCUT2D eigenvalue weighted by atomic mass is 10.1. The Hall–Kier alpha value is -2.48. The third-order valence-corrected chi connectivity index (χ3v) is 5.08. The van der Waals surface area contributed by atoms with Gasteiger partial charge in [0.1, 0.15) is 6.10 Å². The molecule has 0 spiro atoms. The van der Waals surface area contributed by atoms with Crippen molar-refractivity contribution in [3.63, 3.8) is 0 Å². The molecule has 0 bridgehead atoms. The van der Waals surface area contributed by atoms with E-state index in [4.69, 9.17) is 0 Å². The van der Waals surface area contributed by atoms with Crippen molar-refractivity contribution >= 4 is 0 Å². The van der Waals surface area contributed by atoms with E-state index >= 15 is 0 Å². The minimum Gasteiger partial charge on any atom is -0.385 e. The van der Waals surface area contributed by atoms with Crippen LogP contribution in [0.1, 0.15) is 29.5 Å². The molecule has 7 nitrogen and oxygen atoms in total. The zero-order chi connectivity index (χ0) is 19.5. The van der Waals surface area contributed by atoms with E-state index in [1.54, 1.807) is 6.20 Å². The molecule has 1 N–H and O–H groups in total. The first-order valence-corrected chi connectivity index (χ1v) is 9.79. The maximum Gasteiger partial charge on any atom is 0.110 e.